The maximum absolute atomic E-state index is 11.6. The molecule has 2 aromatic rings. The van der Waals surface area contributed by atoms with Crippen LogP contribution in [0.25, 0.3) is 6.08 Å². The number of hydrogen-bond acceptors (Lipinski definition) is 5. The lowest BCUT2D eigenvalue weighted by atomic mass is 9.81. The second kappa shape index (κ2) is 13.7. The molecule has 2 unspecified atom stereocenters. The van der Waals surface area contributed by atoms with Crippen LogP contribution in [0.1, 0.15) is 63.6 Å². The summed E-state index contributed by atoms with van der Waals surface area (Å²) in [6.45, 7) is 8.69. The number of hydrogen-bond donors (Lipinski definition) is 2. The second-order valence-electron chi connectivity index (χ2n) is 9.87. The van der Waals surface area contributed by atoms with E-state index in [1.807, 2.05) is 6.92 Å². The molecule has 0 fully saturated rings. The van der Waals surface area contributed by atoms with Gasteiger partial charge in [0.05, 0.1) is 11.6 Å². The van der Waals surface area contributed by atoms with E-state index in [1.54, 1.807) is 25.1 Å². The van der Waals surface area contributed by atoms with E-state index in [0.29, 0.717) is 30.4 Å². The van der Waals surface area contributed by atoms with Gasteiger partial charge in [-0.3, -0.25) is 0 Å². The highest BCUT2D eigenvalue weighted by Gasteiger charge is 2.33. The van der Waals surface area contributed by atoms with Crippen molar-refractivity contribution in [3.8, 4) is 5.75 Å². The molecule has 0 aromatic heterocycles. The highest BCUT2D eigenvalue weighted by atomic mass is 35.5. The van der Waals surface area contributed by atoms with Gasteiger partial charge in [0.15, 0.2) is 0 Å². The van der Waals surface area contributed by atoms with Gasteiger partial charge in [-0.25, -0.2) is 4.79 Å². The monoisotopic (exact) mass is 547 g/mol. The summed E-state index contributed by atoms with van der Waals surface area (Å²) in [6.07, 6.45) is 6.88. The molecule has 0 spiro atoms. The van der Waals surface area contributed by atoms with Crippen LogP contribution in [0.2, 0.25) is 10.0 Å². The minimum atomic E-state index is -0.739. The number of halogens is 2. The SMILES string of the molecule is CCOC(=O)/C=C/c1ccc(OC(C)C(O)CNC(CC)(CC)CC2Cc3ccccc3C2)c(Cl)c1Cl. The summed E-state index contributed by atoms with van der Waals surface area (Å²) < 4.78 is 10.9. The van der Waals surface area contributed by atoms with Gasteiger partial charge in [-0.1, -0.05) is 61.3 Å². The molecule has 0 heterocycles. The lowest BCUT2D eigenvalue weighted by molar-refractivity contribution is -0.137. The second-order valence-corrected chi connectivity index (χ2v) is 10.6. The minimum absolute atomic E-state index is 0.0404. The van der Waals surface area contributed by atoms with Gasteiger partial charge in [-0.05, 0) is 86.8 Å². The highest BCUT2D eigenvalue weighted by molar-refractivity contribution is 6.43. The highest BCUT2D eigenvalue weighted by Crippen LogP contribution is 2.37. The van der Waals surface area contributed by atoms with E-state index in [9.17, 15) is 9.90 Å². The van der Waals surface area contributed by atoms with Crippen LogP contribution in [0, 0.1) is 5.92 Å². The predicted octanol–water partition coefficient (Wildman–Crippen LogP) is 6.65. The van der Waals surface area contributed by atoms with E-state index >= 15 is 0 Å². The van der Waals surface area contributed by atoms with Crippen LogP contribution in [0.4, 0.5) is 0 Å². The van der Waals surface area contributed by atoms with Crippen LogP contribution in [-0.2, 0) is 22.4 Å². The number of rotatable bonds is 13. The van der Waals surface area contributed by atoms with Crippen LogP contribution < -0.4 is 10.1 Å². The number of fused-ring (bicyclic) bond motifs is 1. The molecule has 0 amide bonds. The molecular weight excluding hydrogens is 509 g/mol. The first-order valence-corrected chi connectivity index (χ1v) is 14.0. The normalized spacial score (nSPS) is 15.5. The van der Waals surface area contributed by atoms with E-state index in [4.69, 9.17) is 32.7 Å². The van der Waals surface area contributed by atoms with Crippen molar-refractivity contribution < 1.29 is 19.4 Å². The summed E-state index contributed by atoms with van der Waals surface area (Å²) in [5.74, 6) is 0.535. The van der Waals surface area contributed by atoms with Crippen molar-refractivity contribution in [2.75, 3.05) is 13.2 Å². The number of carbonyl (C=O) groups excluding carboxylic acids is 1. The minimum Gasteiger partial charge on any atom is -0.486 e. The molecule has 2 atom stereocenters. The van der Waals surface area contributed by atoms with E-state index in [1.165, 1.54) is 17.2 Å². The van der Waals surface area contributed by atoms with Crippen molar-refractivity contribution in [3.63, 3.8) is 0 Å². The van der Waals surface area contributed by atoms with Crippen LogP contribution >= 0.6 is 23.2 Å². The van der Waals surface area contributed by atoms with Gasteiger partial charge in [0.25, 0.3) is 0 Å². The van der Waals surface area contributed by atoms with E-state index < -0.39 is 18.2 Å². The standard InChI is InChI=1S/C30H39Cl2NO4/c1-5-30(6-2,18-21-16-23-10-8-9-11-24(23)17-21)33-19-25(34)20(4)37-26-14-12-22(28(31)29(26)32)13-15-27(35)36-7-3/h8-15,20-21,25,33-34H,5-7,16-19H2,1-4H3/b15-13+. The molecule has 2 aromatic carbocycles. The Balaban J connectivity index is 1.58. The van der Waals surface area contributed by atoms with Gasteiger partial charge in [0.2, 0.25) is 0 Å². The van der Waals surface area contributed by atoms with Gasteiger partial charge >= 0.3 is 5.97 Å². The smallest absolute Gasteiger partial charge is 0.330 e. The van der Waals surface area contributed by atoms with Gasteiger partial charge in [-0.15, -0.1) is 0 Å². The maximum atomic E-state index is 11.6. The molecular formula is C30H39Cl2NO4. The molecule has 7 heteroatoms. The van der Waals surface area contributed by atoms with E-state index in [2.05, 4.69) is 43.4 Å². The number of carbonyl (C=O) groups is 1. The summed E-state index contributed by atoms with van der Waals surface area (Å²) in [7, 11) is 0. The predicted molar refractivity (Wildman–Crippen MR) is 151 cm³/mol. The Hall–Kier alpha value is -2.05. The first kappa shape index (κ1) is 29.5. The molecule has 1 aliphatic rings. The first-order valence-electron chi connectivity index (χ1n) is 13.2. The Morgan fingerprint density at radius 2 is 1.76 bits per heavy atom. The number of aliphatic hydroxyl groups is 1. The number of ether oxygens (including phenoxy) is 2. The summed E-state index contributed by atoms with van der Waals surface area (Å²) in [6, 6.07) is 12.1. The molecule has 202 valence electrons. The van der Waals surface area contributed by atoms with Crippen molar-refractivity contribution in [2.24, 2.45) is 5.92 Å². The Bertz CT molecular complexity index is 1060. The fraction of sp³-hybridized carbons (Fsp3) is 0.500. The zero-order valence-corrected chi connectivity index (χ0v) is 23.7. The van der Waals surface area contributed by atoms with Crippen LogP contribution in [0.5, 0.6) is 5.75 Å². The average molecular weight is 549 g/mol. The molecule has 2 N–H and O–H groups in total. The van der Waals surface area contributed by atoms with Crippen molar-refractivity contribution in [1.29, 1.82) is 0 Å². The summed E-state index contributed by atoms with van der Waals surface area (Å²) in [5.41, 5.74) is 3.47. The van der Waals surface area contributed by atoms with Crippen molar-refractivity contribution >= 4 is 35.2 Å². The van der Waals surface area contributed by atoms with Crippen LogP contribution in [0.3, 0.4) is 0 Å². The number of β-amino-alcohol motifs (C(OH)–C–C–N with tert-alkyl or cyclic N) is 1. The lowest BCUT2D eigenvalue weighted by Crippen LogP contribution is -2.51. The van der Waals surface area contributed by atoms with Crippen molar-refractivity contribution in [2.45, 2.75) is 77.5 Å². The largest absolute Gasteiger partial charge is 0.486 e. The van der Waals surface area contributed by atoms with E-state index in [0.717, 1.165) is 32.1 Å². The molecule has 0 saturated heterocycles. The Morgan fingerprint density at radius 3 is 2.35 bits per heavy atom. The third-order valence-electron chi connectivity index (χ3n) is 7.47. The number of aliphatic hydroxyl groups excluding tert-OH is 1. The van der Waals surface area contributed by atoms with Gasteiger partial charge in [-0.2, -0.15) is 0 Å². The van der Waals surface area contributed by atoms with Gasteiger partial charge in [0.1, 0.15) is 23.0 Å². The fourth-order valence-corrected chi connectivity index (χ4v) is 5.52. The topological polar surface area (TPSA) is 67.8 Å². The summed E-state index contributed by atoms with van der Waals surface area (Å²) >= 11 is 12.9. The third-order valence-corrected chi connectivity index (χ3v) is 8.35. The summed E-state index contributed by atoms with van der Waals surface area (Å²) in [4.78, 5) is 11.6. The van der Waals surface area contributed by atoms with Crippen LogP contribution in [-0.4, -0.2) is 42.0 Å². The quantitative estimate of drug-likeness (QED) is 0.217. The van der Waals surface area contributed by atoms with Gasteiger partial charge < -0.3 is 19.9 Å². The summed E-state index contributed by atoms with van der Waals surface area (Å²) in [5, 5.41) is 15.1. The fourth-order valence-electron chi connectivity index (χ4n) is 5.09. The third kappa shape index (κ3) is 7.73. The van der Waals surface area contributed by atoms with E-state index in [-0.39, 0.29) is 15.6 Å². The number of nitrogens with one attached hydrogen (secondary N) is 1. The number of esters is 1. The van der Waals surface area contributed by atoms with Crippen molar-refractivity contribution in [1.82, 2.24) is 5.32 Å². The molecule has 1 aliphatic carbocycles. The zero-order chi connectivity index (χ0) is 27.0. The Kier molecular flexibility index (Phi) is 10.9. The average Bonchev–Trinajstić information content (AvgIpc) is 3.31. The number of benzene rings is 2. The molecule has 0 radical (unpaired) electrons. The molecule has 0 aliphatic heterocycles. The van der Waals surface area contributed by atoms with Gasteiger partial charge in [0, 0.05) is 18.2 Å². The van der Waals surface area contributed by atoms with Crippen molar-refractivity contribution in [3.05, 3.63) is 69.2 Å². The maximum Gasteiger partial charge on any atom is 0.330 e. The lowest BCUT2D eigenvalue weighted by Gasteiger charge is -2.37. The molecule has 3 rings (SSSR count). The molecule has 0 bridgehead atoms. The molecule has 0 saturated carbocycles. The Labute approximate surface area is 231 Å². The van der Waals surface area contributed by atoms with Crippen LogP contribution in [0.15, 0.2) is 42.5 Å². The Morgan fingerprint density at radius 1 is 1.11 bits per heavy atom. The first-order chi connectivity index (χ1) is 17.7. The zero-order valence-electron chi connectivity index (χ0n) is 22.2. The molecule has 37 heavy (non-hydrogen) atoms. The molecule has 5 nitrogen and oxygen atoms in total.